The third-order valence-electron chi connectivity index (χ3n) is 2.42. The number of carbonyl (C=O) groups excluding carboxylic acids is 1. The first kappa shape index (κ1) is 16.4. The molecule has 6 nitrogen and oxygen atoms in total. The zero-order valence-electron chi connectivity index (χ0n) is 11.9. The van der Waals surface area contributed by atoms with Crippen LogP contribution in [-0.4, -0.2) is 24.1 Å². The van der Waals surface area contributed by atoms with Gasteiger partial charge in [0.05, 0.1) is 18.1 Å². The topological polar surface area (TPSA) is 78.7 Å². The normalized spacial score (nSPS) is 11.4. The van der Waals surface area contributed by atoms with Crippen LogP contribution in [0.25, 0.3) is 6.08 Å². The second-order valence-electron chi connectivity index (χ2n) is 3.89. The van der Waals surface area contributed by atoms with E-state index in [1.807, 2.05) is 0 Å². The van der Waals surface area contributed by atoms with Crippen molar-refractivity contribution in [3.8, 4) is 0 Å². The fraction of sp³-hybridized carbons (Fsp3) is 0.267. The maximum absolute atomic E-state index is 11.6. The average molecular weight is 291 g/mol. The predicted molar refractivity (Wildman–Crippen MR) is 78.5 cm³/mol. The minimum Gasteiger partial charge on any atom is -0.487 e. The van der Waals surface area contributed by atoms with Crippen molar-refractivity contribution in [3.63, 3.8) is 0 Å². The van der Waals surface area contributed by atoms with Crippen LogP contribution in [0.2, 0.25) is 0 Å². The van der Waals surface area contributed by atoms with Gasteiger partial charge in [0, 0.05) is 12.1 Å². The summed E-state index contributed by atoms with van der Waals surface area (Å²) in [6.45, 7) is 4.12. The molecule has 0 atom stereocenters. The maximum Gasteiger partial charge on any atom is 0.373 e. The first-order valence-electron chi connectivity index (χ1n) is 6.51. The van der Waals surface area contributed by atoms with Crippen LogP contribution in [0.15, 0.2) is 42.2 Å². The number of esters is 1. The zero-order valence-corrected chi connectivity index (χ0v) is 11.9. The zero-order chi connectivity index (χ0) is 15.7. The standard InChI is InChI=1S/C15H17NO5/c1-3-20-14(15(17)21-4-2)7-5-6-12-8-10-13(11-9-12)16(18)19/h5-11H,3-4H2,1-2H3/b6-5+,14-7-. The summed E-state index contributed by atoms with van der Waals surface area (Å²) in [4.78, 5) is 21.6. The van der Waals surface area contributed by atoms with Crippen molar-refractivity contribution in [2.45, 2.75) is 13.8 Å². The van der Waals surface area contributed by atoms with Gasteiger partial charge < -0.3 is 9.47 Å². The van der Waals surface area contributed by atoms with Gasteiger partial charge in [0.2, 0.25) is 5.76 Å². The number of non-ortho nitro benzene ring substituents is 1. The minimum atomic E-state index is -0.521. The summed E-state index contributed by atoms with van der Waals surface area (Å²) in [6, 6.07) is 6.07. The van der Waals surface area contributed by atoms with Crippen molar-refractivity contribution in [2.75, 3.05) is 13.2 Å². The van der Waals surface area contributed by atoms with Crippen molar-refractivity contribution in [3.05, 3.63) is 57.9 Å². The Bertz CT molecular complexity index is 546. The number of nitro groups is 1. The fourth-order valence-corrected chi connectivity index (χ4v) is 1.49. The van der Waals surface area contributed by atoms with Crippen molar-refractivity contribution >= 4 is 17.7 Å². The van der Waals surface area contributed by atoms with Gasteiger partial charge in [-0.05, 0) is 37.6 Å². The third-order valence-corrected chi connectivity index (χ3v) is 2.42. The molecule has 0 saturated carbocycles. The molecule has 0 radical (unpaired) electrons. The number of nitro benzene ring substituents is 1. The lowest BCUT2D eigenvalue weighted by Gasteiger charge is -2.06. The van der Waals surface area contributed by atoms with Crippen molar-refractivity contribution in [1.82, 2.24) is 0 Å². The smallest absolute Gasteiger partial charge is 0.373 e. The van der Waals surface area contributed by atoms with Crippen LogP contribution in [0.5, 0.6) is 0 Å². The van der Waals surface area contributed by atoms with E-state index in [0.29, 0.717) is 6.61 Å². The van der Waals surface area contributed by atoms with E-state index in [2.05, 4.69) is 0 Å². The van der Waals surface area contributed by atoms with Crippen LogP contribution in [-0.2, 0) is 14.3 Å². The van der Waals surface area contributed by atoms with Gasteiger partial charge in [0.25, 0.3) is 5.69 Å². The Balaban J connectivity index is 2.78. The molecule has 0 N–H and O–H groups in total. The largest absolute Gasteiger partial charge is 0.487 e. The maximum atomic E-state index is 11.6. The number of carbonyl (C=O) groups is 1. The molecule has 0 aliphatic carbocycles. The molecule has 6 heteroatoms. The molecule has 0 unspecified atom stereocenters. The number of rotatable bonds is 7. The van der Waals surface area contributed by atoms with Crippen LogP contribution < -0.4 is 0 Å². The summed E-state index contributed by atoms with van der Waals surface area (Å²) in [5.74, 6) is -0.398. The first-order valence-corrected chi connectivity index (χ1v) is 6.51. The highest BCUT2D eigenvalue weighted by molar-refractivity contribution is 5.86. The van der Waals surface area contributed by atoms with Gasteiger partial charge in [-0.1, -0.05) is 12.2 Å². The Morgan fingerprint density at radius 2 is 1.81 bits per heavy atom. The first-order chi connectivity index (χ1) is 10.1. The highest BCUT2D eigenvalue weighted by atomic mass is 16.6. The molecule has 0 spiro atoms. The Labute approximate surface area is 122 Å². The molecule has 0 aliphatic rings. The van der Waals surface area contributed by atoms with E-state index >= 15 is 0 Å². The highest BCUT2D eigenvalue weighted by Crippen LogP contribution is 2.13. The van der Waals surface area contributed by atoms with Gasteiger partial charge in [-0.2, -0.15) is 0 Å². The molecular formula is C15H17NO5. The fourth-order valence-electron chi connectivity index (χ4n) is 1.49. The lowest BCUT2D eigenvalue weighted by atomic mass is 10.2. The van der Waals surface area contributed by atoms with E-state index in [-0.39, 0.29) is 18.1 Å². The van der Waals surface area contributed by atoms with Crippen molar-refractivity contribution in [2.24, 2.45) is 0 Å². The van der Waals surface area contributed by atoms with Crippen LogP contribution >= 0.6 is 0 Å². The molecule has 0 amide bonds. The molecular weight excluding hydrogens is 274 g/mol. The molecule has 21 heavy (non-hydrogen) atoms. The lowest BCUT2D eigenvalue weighted by molar-refractivity contribution is -0.384. The minimum absolute atomic E-state index is 0.0317. The monoisotopic (exact) mass is 291 g/mol. The summed E-state index contributed by atoms with van der Waals surface area (Å²) >= 11 is 0. The van der Waals surface area contributed by atoms with Gasteiger partial charge in [-0.25, -0.2) is 4.79 Å². The van der Waals surface area contributed by atoms with Gasteiger partial charge in [-0.15, -0.1) is 0 Å². The molecule has 0 aromatic heterocycles. The van der Waals surface area contributed by atoms with E-state index < -0.39 is 10.9 Å². The number of allylic oxidation sites excluding steroid dienone is 2. The molecule has 112 valence electrons. The van der Waals surface area contributed by atoms with Gasteiger partial charge in [-0.3, -0.25) is 10.1 Å². The lowest BCUT2D eigenvalue weighted by Crippen LogP contribution is -2.10. The van der Waals surface area contributed by atoms with Gasteiger partial charge >= 0.3 is 5.97 Å². The molecule has 1 aromatic rings. The van der Waals surface area contributed by atoms with E-state index in [9.17, 15) is 14.9 Å². The second-order valence-corrected chi connectivity index (χ2v) is 3.89. The number of ether oxygens (including phenoxy) is 2. The van der Waals surface area contributed by atoms with Crippen LogP contribution in [0.3, 0.4) is 0 Å². The third kappa shape index (κ3) is 5.48. The highest BCUT2D eigenvalue weighted by Gasteiger charge is 2.09. The van der Waals surface area contributed by atoms with Gasteiger partial charge in [0.15, 0.2) is 0 Å². The molecule has 0 saturated heterocycles. The number of hydrogen-bond acceptors (Lipinski definition) is 5. The van der Waals surface area contributed by atoms with E-state index in [4.69, 9.17) is 9.47 Å². The Morgan fingerprint density at radius 1 is 1.19 bits per heavy atom. The Morgan fingerprint density at radius 3 is 2.33 bits per heavy atom. The number of hydrogen-bond donors (Lipinski definition) is 0. The van der Waals surface area contributed by atoms with Crippen LogP contribution in [0.4, 0.5) is 5.69 Å². The van der Waals surface area contributed by atoms with Crippen LogP contribution in [0, 0.1) is 10.1 Å². The molecule has 0 fully saturated rings. The molecule has 0 aliphatic heterocycles. The van der Waals surface area contributed by atoms with E-state index in [1.165, 1.54) is 18.2 Å². The summed E-state index contributed by atoms with van der Waals surface area (Å²) in [5, 5.41) is 10.5. The van der Waals surface area contributed by atoms with Crippen LogP contribution in [0.1, 0.15) is 19.4 Å². The van der Waals surface area contributed by atoms with Crippen molar-refractivity contribution in [1.29, 1.82) is 0 Å². The summed E-state index contributed by atoms with van der Waals surface area (Å²) in [7, 11) is 0. The van der Waals surface area contributed by atoms with E-state index in [1.54, 1.807) is 38.1 Å². The Hall–Kier alpha value is -2.63. The molecule has 1 aromatic carbocycles. The Kier molecular flexibility index (Phi) is 6.67. The van der Waals surface area contributed by atoms with Gasteiger partial charge in [0.1, 0.15) is 0 Å². The molecule has 1 rings (SSSR count). The number of nitrogens with zero attached hydrogens (tertiary/aromatic N) is 1. The quantitative estimate of drug-likeness (QED) is 0.193. The summed E-state index contributed by atoms with van der Waals surface area (Å²) in [5.41, 5.74) is 0.806. The summed E-state index contributed by atoms with van der Waals surface area (Å²) in [6.07, 6.45) is 4.84. The molecule has 0 heterocycles. The number of benzene rings is 1. The van der Waals surface area contributed by atoms with Crippen molar-refractivity contribution < 1.29 is 19.2 Å². The second kappa shape index (κ2) is 8.52. The predicted octanol–water partition coefficient (Wildman–Crippen LogP) is 3.09. The SMILES string of the molecule is CCOC(=O)/C(=C/C=C/c1ccc([N+](=O)[O-])cc1)OCC. The van der Waals surface area contributed by atoms with E-state index in [0.717, 1.165) is 5.56 Å². The molecule has 0 bridgehead atoms. The summed E-state index contributed by atoms with van der Waals surface area (Å²) < 4.78 is 10.1. The average Bonchev–Trinajstić information content (AvgIpc) is 2.47.